The molecule has 0 saturated heterocycles. The van der Waals surface area contributed by atoms with Gasteiger partial charge >= 0.3 is 0 Å². The summed E-state index contributed by atoms with van der Waals surface area (Å²) >= 11 is 0. The molecule has 321 valence electrons. The lowest BCUT2D eigenvalue weighted by Crippen LogP contribution is -2.37. The van der Waals surface area contributed by atoms with Gasteiger partial charge in [0.2, 0.25) is 0 Å². The number of para-hydroxylation sites is 1. The van der Waals surface area contributed by atoms with Crippen LogP contribution < -0.4 is 16.2 Å². The first-order chi connectivity index (χ1) is 31.5. The van der Waals surface area contributed by atoms with Gasteiger partial charge in [-0.05, 0) is 132 Å². The van der Waals surface area contributed by atoms with E-state index in [0.29, 0.717) is 0 Å². The normalized spacial score (nSPS) is 15.2. The Labute approximate surface area is 388 Å². The zero-order valence-corrected chi connectivity index (χ0v) is 39.7. The van der Waals surface area contributed by atoms with Crippen molar-refractivity contribution in [1.29, 1.82) is 0 Å². The van der Waals surface area contributed by atoms with E-state index in [4.69, 9.17) is 4.42 Å². The van der Waals surface area contributed by atoms with Crippen molar-refractivity contribution in [3.05, 3.63) is 173 Å². The van der Waals surface area contributed by atoms with E-state index in [1.807, 2.05) is 0 Å². The largest absolute Gasteiger partial charge is 0.456 e. The summed E-state index contributed by atoms with van der Waals surface area (Å²) in [4.78, 5) is 0. The van der Waals surface area contributed by atoms with Gasteiger partial charge in [0.1, 0.15) is 11.2 Å². The smallest absolute Gasteiger partial charge is 0.198 e. The maximum Gasteiger partial charge on any atom is 0.198 e. The number of nitrogens with zero attached hydrogens (tertiary/aromatic N) is 1. The van der Waals surface area contributed by atoms with E-state index in [9.17, 15) is 0 Å². The number of rotatable bonds is 3. The van der Waals surface area contributed by atoms with E-state index < -0.39 is 0 Å². The van der Waals surface area contributed by atoms with Gasteiger partial charge in [0.25, 0.3) is 0 Å². The standard InChI is InChI=1S/C62H54BN2O/c1-59(2,3)34-19-22-36(23-20-34)64-52-30-43-38-24-21-35(60(4,5)6)27-48(38)62(9,10)49(43)29-44(52)40-25-26-41-45-28-42-37-15-11-13-17-47(37)61(7,8)50(42)32-53(45)65-54-31-46-39-16-12-14-18-55(39)66-56(46)33-51(54)63-57(40)58(41)65/h11-33,64H,1-10H3. The van der Waals surface area contributed by atoms with Gasteiger partial charge in [0.15, 0.2) is 7.28 Å². The summed E-state index contributed by atoms with van der Waals surface area (Å²) in [5.74, 6) is 0. The van der Waals surface area contributed by atoms with Crippen molar-refractivity contribution >= 4 is 73.3 Å². The minimum absolute atomic E-state index is 0.0485. The zero-order chi connectivity index (χ0) is 45.4. The van der Waals surface area contributed by atoms with E-state index >= 15 is 0 Å². The number of nitrogens with one attached hydrogen (secondary N) is 1. The number of anilines is 2. The molecule has 3 heterocycles. The third-order valence-electron chi connectivity index (χ3n) is 15.7. The molecule has 66 heavy (non-hydrogen) atoms. The maximum absolute atomic E-state index is 6.60. The average molecular weight is 854 g/mol. The maximum atomic E-state index is 6.60. The lowest BCUT2D eigenvalue weighted by Gasteiger charge is -2.27. The fraction of sp³-hybridized carbons (Fsp3) is 0.226. The number of furan rings is 1. The van der Waals surface area contributed by atoms with Crippen molar-refractivity contribution in [2.45, 2.75) is 90.9 Å². The van der Waals surface area contributed by atoms with Gasteiger partial charge in [-0.1, -0.05) is 160 Å². The van der Waals surface area contributed by atoms with Crippen molar-refractivity contribution in [2.24, 2.45) is 0 Å². The molecule has 10 aromatic rings. The average Bonchev–Trinajstić information content (AvgIpc) is 3.95. The lowest BCUT2D eigenvalue weighted by atomic mass is 9.59. The SMILES string of the molecule is CC(C)(C)c1ccc(Nc2cc3c(cc2-c2ccc4c5cc6c(cc5n5c4c2[B]c2cc4oc7ccccc7c4cc2-5)C(C)(C)c2ccccc2-6)C(C)(C)c2cc(C(C)(C)C)ccc2-3)cc1. The van der Waals surface area contributed by atoms with Crippen LogP contribution in [-0.4, -0.2) is 11.8 Å². The highest BCUT2D eigenvalue weighted by Gasteiger charge is 2.40. The molecule has 0 bridgehead atoms. The molecule has 3 aliphatic rings. The molecule has 2 aliphatic carbocycles. The van der Waals surface area contributed by atoms with Crippen LogP contribution in [0, 0.1) is 0 Å². The van der Waals surface area contributed by atoms with Crippen LogP contribution in [0.1, 0.15) is 103 Å². The van der Waals surface area contributed by atoms with Crippen molar-refractivity contribution in [2.75, 3.05) is 5.32 Å². The summed E-state index contributed by atoms with van der Waals surface area (Å²) in [5, 5.41) is 8.83. The summed E-state index contributed by atoms with van der Waals surface area (Å²) in [5.41, 5.74) is 25.7. The zero-order valence-electron chi connectivity index (χ0n) is 39.7. The fourth-order valence-corrected chi connectivity index (χ4v) is 12.0. The first-order valence-corrected chi connectivity index (χ1v) is 23.7. The molecule has 8 aromatic carbocycles. The van der Waals surface area contributed by atoms with Gasteiger partial charge in [-0.25, -0.2) is 0 Å². The molecule has 0 atom stereocenters. The summed E-state index contributed by atoms with van der Waals surface area (Å²) in [7, 11) is 2.44. The number of hydrogen-bond acceptors (Lipinski definition) is 2. The summed E-state index contributed by atoms with van der Waals surface area (Å²) < 4.78 is 9.18. The molecule has 1 aliphatic heterocycles. The van der Waals surface area contributed by atoms with Gasteiger partial charge < -0.3 is 14.3 Å². The Bertz CT molecular complexity index is 3770. The Hall–Kier alpha value is -6.78. The van der Waals surface area contributed by atoms with Gasteiger partial charge in [-0.15, -0.1) is 0 Å². The number of hydrogen-bond donors (Lipinski definition) is 1. The van der Waals surface area contributed by atoms with Crippen molar-refractivity contribution < 1.29 is 4.42 Å². The highest BCUT2D eigenvalue weighted by atomic mass is 16.3. The van der Waals surface area contributed by atoms with Gasteiger partial charge in [0.05, 0.1) is 5.52 Å². The van der Waals surface area contributed by atoms with E-state index in [1.54, 1.807) is 0 Å². The van der Waals surface area contributed by atoms with Crippen LogP contribution >= 0.6 is 0 Å². The van der Waals surface area contributed by atoms with Crippen molar-refractivity contribution in [3.8, 4) is 39.1 Å². The minimum Gasteiger partial charge on any atom is -0.456 e. The van der Waals surface area contributed by atoms with E-state index in [2.05, 4.69) is 226 Å². The lowest BCUT2D eigenvalue weighted by molar-refractivity contribution is 0.584. The Kier molecular flexibility index (Phi) is 7.78. The molecule has 0 saturated carbocycles. The number of benzene rings is 8. The number of aromatic nitrogens is 1. The van der Waals surface area contributed by atoms with Crippen LogP contribution in [0.3, 0.4) is 0 Å². The van der Waals surface area contributed by atoms with Gasteiger partial charge in [-0.2, -0.15) is 0 Å². The molecule has 13 rings (SSSR count). The second kappa shape index (κ2) is 13.0. The molecule has 1 N–H and O–H groups in total. The van der Waals surface area contributed by atoms with Crippen LogP contribution in [0.25, 0.3) is 82.8 Å². The molecule has 3 nitrogen and oxygen atoms in total. The predicted octanol–water partition coefficient (Wildman–Crippen LogP) is 15.3. The third-order valence-corrected chi connectivity index (χ3v) is 15.7. The van der Waals surface area contributed by atoms with Gasteiger partial charge in [-0.3, -0.25) is 0 Å². The molecule has 2 aromatic heterocycles. The first-order valence-electron chi connectivity index (χ1n) is 23.7. The Morgan fingerprint density at radius 1 is 0.485 bits per heavy atom. The van der Waals surface area contributed by atoms with Crippen LogP contribution in [0.4, 0.5) is 11.4 Å². The summed E-state index contributed by atoms with van der Waals surface area (Å²) in [6, 6.07) is 53.1. The van der Waals surface area contributed by atoms with E-state index in [0.717, 1.165) is 38.8 Å². The third kappa shape index (κ3) is 5.39. The molecule has 0 fully saturated rings. The molecule has 0 amide bonds. The fourth-order valence-electron chi connectivity index (χ4n) is 12.0. The highest BCUT2D eigenvalue weighted by Crippen LogP contribution is 2.54. The van der Waals surface area contributed by atoms with Crippen molar-refractivity contribution in [3.63, 3.8) is 0 Å². The van der Waals surface area contributed by atoms with Gasteiger partial charge in [0, 0.05) is 60.5 Å². The minimum atomic E-state index is -0.198. The van der Waals surface area contributed by atoms with Crippen LogP contribution in [0.2, 0.25) is 0 Å². The van der Waals surface area contributed by atoms with Crippen LogP contribution in [-0.2, 0) is 21.7 Å². The first kappa shape index (κ1) is 39.6. The topological polar surface area (TPSA) is 30.1 Å². The van der Waals surface area contributed by atoms with Crippen LogP contribution in [0.5, 0.6) is 0 Å². The second-order valence-corrected chi connectivity index (χ2v) is 22.5. The van der Waals surface area contributed by atoms with Crippen LogP contribution in [0.15, 0.2) is 144 Å². The number of fused-ring (bicyclic) bond motifs is 14. The molecule has 4 heteroatoms. The monoisotopic (exact) mass is 853 g/mol. The van der Waals surface area contributed by atoms with E-state index in [1.165, 1.54) is 99.7 Å². The highest BCUT2D eigenvalue weighted by molar-refractivity contribution is 6.73. The Morgan fingerprint density at radius 3 is 1.92 bits per heavy atom. The molecule has 0 spiro atoms. The second-order valence-electron chi connectivity index (χ2n) is 22.5. The Balaban J connectivity index is 1.10. The Morgan fingerprint density at radius 2 is 1.14 bits per heavy atom. The molecular formula is C62H54BN2O. The summed E-state index contributed by atoms with van der Waals surface area (Å²) in [6.45, 7) is 23.4. The molecule has 1 radical (unpaired) electrons. The summed E-state index contributed by atoms with van der Waals surface area (Å²) in [6.07, 6.45) is 0. The molecular weight excluding hydrogens is 800 g/mol. The van der Waals surface area contributed by atoms with Crippen molar-refractivity contribution in [1.82, 2.24) is 4.57 Å². The molecule has 0 unspecified atom stereocenters. The van der Waals surface area contributed by atoms with E-state index in [-0.39, 0.29) is 21.7 Å². The quantitative estimate of drug-likeness (QED) is 0.180. The predicted molar refractivity (Wildman–Crippen MR) is 281 cm³/mol.